The van der Waals surface area contributed by atoms with Crippen LogP contribution in [0.15, 0.2) is 48.5 Å². The molecule has 2 saturated heterocycles. The lowest BCUT2D eigenvalue weighted by Gasteiger charge is -2.46. The van der Waals surface area contributed by atoms with E-state index in [4.69, 9.17) is 4.74 Å². The second-order valence-electron chi connectivity index (χ2n) is 9.04. The van der Waals surface area contributed by atoms with E-state index >= 15 is 0 Å². The minimum Gasteiger partial charge on any atom is -0.491 e. The molecular weight excluding hydrogens is 431 g/mol. The van der Waals surface area contributed by atoms with E-state index in [1.807, 2.05) is 45.0 Å². The van der Waals surface area contributed by atoms with Crippen LogP contribution in [0.3, 0.4) is 0 Å². The van der Waals surface area contributed by atoms with Crippen LogP contribution in [-0.2, 0) is 21.4 Å². The lowest BCUT2D eigenvalue weighted by molar-refractivity contribution is -0.123. The molecule has 0 amide bonds. The lowest BCUT2D eigenvalue weighted by atomic mass is 9.80. The first kappa shape index (κ1) is 22.7. The van der Waals surface area contributed by atoms with Crippen molar-refractivity contribution in [2.24, 2.45) is 0 Å². The van der Waals surface area contributed by atoms with Gasteiger partial charge in [0.2, 0.25) is 10.0 Å². The van der Waals surface area contributed by atoms with Crippen molar-refractivity contribution >= 4 is 21.5 Å². The van der Waals surface area contributed by atoms with Crippen molar-refractivity contribution in [3.05, 3.63) is 59.9 Å². The highest BCUT2D eigenvalue weighted by atomic mass is 32.2. The number of carbonyl (C=O) groups is 1. The van der Waals surface area contributed by atoms with Crippen LogP contribution in [0, 0.1) is 5.82 Å². The van der Waals surface area contributed by atoms with Gasteiger partial charge in [-0.25, -0.2) is 12.8 Å². The SMILES string of the molecule is CC(C)Oc1cccc(CN2CC[C@@]3(C[C@@H]2C)C(=O)CS(=O)(=O)N3c2cccc(F)c2)c1. The molecule has 2 atom stereocenters. The van der Waals surface area contributed by atoms with Crippen molar-refractivity contribution in [2.45, 2.75) is 57.8 Å². The average Bonchev–Trinajstić information content (AvgIpc) is 2.88. The quantitative estimate of drug-likeness (QED) is 0.680. The number of likely N-dealkylation sites (tertiary alicyclic amines) is 1. The van der Waals surface area contributed by atoms with Gasteiger partial charge in [-0.1, -0.05) is 18.2 Å². The number of carbonyl (C=O) groups excluding carboxylic acids is 1. The first-order chi connectivity index (χ1) is 15.1. The number of hydrogen-bond donors (Lipinski definition) is 0. The van der Waals surface area contributed by atoms with Crippen LogP contribution in [-0.4, -0.2) is 49.1 Å². The van der Waals surface area contributed by atoms with Gasteiger partial charge in [0, 0.05) is 19.1 Å². The molecule has 0 radical (unpaired) electrons. The highest BCUT2D eigenvalue weighted by molar-refractivity contribution is 7.94. The third-order valence-corrected chi connectivity index (χ3v) is 8.01. The zero-order chi connectivity index (χ0) is 23.1. The van der Waals surface area contributed by atoms with Gasteiger partial charge in [0.15, 0.2) is 5.78 Å². The molecule has 2 aliphatic rings. The molecule has 0 aliphatic carbocycles. The molecule has 2 heterocycles. The van der Waals surface area contributed by atoms with E-state index in [0.717, 1.165) is 11.3 Å². The topological polar surface area (TPSA) is 66.9 Å². The Bertz CT molecular complexity index is 1120. The molecule has 8 heteroatoms. The summed E-state index contributed by atoms with van der Waals surface area (Å²) in [6.07, 6.45) is 0.820. The molecule has 4 rings (SSSR count). The summed E-state index contributed by atoms with van der Waals surface area (Å²) < 4.78 is 46.7. The fraction of sp³-hybridized carbons (Fsp3) is 0.458. The van der Waals surface area contributed by atoms with Crippen LogP contribution in [0.1, 0.15) is 39.2 Å². The van der Waals surface area contributed by atoms with Gasteiger partial charge in [-0.05, 0) is 69.5 Å². The summed E-state index contributed by atoms with van der Waals surface area (Å²) in [7, 11) is -3.85. The molecule has 2 aromatic rings. The van der Waals surface area contributed by atoms with Crippen molar-refractivity contribution in [1.29, 1.82) is 0 Å². The average molecular weight is 461 g/mol. The lowest BCUT2D eigenvalue weighted by Crippen LogP contribution is -2.59. The largest absolute Gasteiger partial charge is 0.491 e. The minimum atomic E-state index is -3.85. The molecule has 2 aromatic carbocycles. The number of hydrogen-bond acceptors (Lipinski definition) is 5. The number of sulfonamides is 1. The monoisotopic (exact) mass is 460 g/mol. The summed E-state index contributed by atoms with van der Waals surface area (Å²) in [6.45, 7) is 7.21. The highest BCUT2D eigenvalue weighted by Gasteiger charge is 2.58. The Balaban J connectivity index is 1.58. The Hall–Kier alpha value is -2.45. The number of rotatable bonds is 5. The maximum atomic E-state index is 13.9. The Morgan fingerprint density at radius 3 is 2.62 bits per heavy atom. The second kappa shape index (κ2) is 8.48. The smallest absolute Gasteiger partial charge is 0.243 e. The fourth-order valence-corrected chi connectivity index (χ4v) is 6.88. The number of benzene rings is 2. The standard InChI is InChI=1S/C24H29FN2O4S/c1-17(2)31-22-9-4-6-19(12-22)15-26-11-10-24(14-18(26)3)23(28)16-32(29,30)27(24)21-8-5-7-20(25)13-21/h4-9,12-13,17-18H,10-11,14-16H2,1-3H3/t18-,24+/m0/s1. The Morgan fingerprint density at radius 2 is 1.94 bits per heavy atom. The van der Waals surface area contributed by atoms with Crippen LogP contribution in [0.25, 0.3) is 0 Å². The third kappa shape index (κ3) is 4.26. The van der Waals surface area contributed by atoms with Crippen LogP contribution >= 0.6 is 0 Å². The molecule has 1 spiro atoms. The molecule has 32 heavy (non-hydrogen) atoms. The molecule has 0 bridgehead atoms. The third-order valence-electron chi connectivity index (χ3n) is 6.27. The van der Waals surface area contributed by atoms with E-state index in [9.17, 15) is 17.6 Å². The molecule has 0 aromatic heterocycles. The van der Waals surface area contributed by atoms with Crippen molar-refractivity contribution in [3.63, 3.8) is 0 Å². The number of Topliss-reactive ketones (excluding diaryl/α,β-unsaturated/α-hetero) is 1. The molecule has 2 aliphatic heterocycles. The van der Waals surface area contributed by atoms with Gasteiger partial charge in [-0.2, -0.15) is 0 Å². The maximum absolute atomic E-state index is 13.9. The Labute approximate surface area is 189 Å². The Morgan fingerprint density at radius 1 is 1.19 bits per heavy atom. The van der Waals surface area contributed by atoms with Gasteiger partial charge in [0.25, 0.3) is 0 Å². The fourth-order valence-electron chi connectivity index (χ4n) is 4.92. The van der Waals surface area contributed by atoms with Gasteiger partial charge in [0.05, 0.1) is 11.8 Å². The normalized spacial score (nSPS) is 25.6. The molecular formula is C24H29FN2O4S. The van der Waals surface area contributed by atoms with Gasteiger partial charge < -0.3 is 4.74 Å². The predicted octanol–water partition coefficient (Wildman–Crippen LogP) is 3.76. The summed E-state index contributed by atoms with van der Waals surface area (Å²) in [5, 5.41) is 0. The van der Waals surface area contributed by atoms with Gasteiger partial charge in [-0.3, -0.25) is 14.0 Å². The molecule has 172 valence electrons. The van der Waals surface area contributed by atoms with Crippen molar-refractivity contribution in [1.82, 2.24) is 4.90 Å². The van der Waals surface area contributed by atoms with E-state index in [1.54, 1.807) is 6.07 Å². The van der Waals surface area contributed by atoms with Crippen LogP contribution in [0.2, 0.25) is 0 Å². The number of anilines is 1. The molecule has 0 N–H and O–H groups in total. The maximum Gasteiger partial charge on any atom is 0.243 e. The van der Waals surface area contributed by atoms with E-state index in [1.165, 1.54) is 22.5 Å². The van der Waals surface area contributed by atoms with Crippen molar-refractivity contribution in [3.8, 4) is 5.75 Å². The number of ether oxygens (including phenoxy) is 1. The van der Waals surface area contributed by atoms with E-state index in [0.29, 0.717) is 25.9 Å². The van der Waals surface area contributed by atoms with Gasteiger partial charge in [0.1, 0.15) is 22.9 Å². The molecule has 2 fully saturated rings. The summed E-state index contributed by atoms with van der Waals surface area (Å²) in [4.78, 5) is 15.3. The van der Waals surface area contributed by atoms with Crippen molar-refractivity contribution in [2.75, 3.05) is 16.6 Å². The molecule has 0 saturated carbocycles. The van der Waals surface area contributed by atoms with Crippen LogP contribution in [0.4, 0.5) is 10.1 Å². The summed E-state index contributed by atoms with van der Waals surface area (Å²) in [5.41, 5.74) is 0.152. The second-order valence-corrected chi connectivity index (χ2v) is 10.9. The van der Waals surface area contributed by atoms with Crippen molar-refractivity contribution < 1.29 is 22.3 Å². The first-order valence-electron chi connectivity index (χ1n) is 10.9. The highest BCUT2D eigenvalue weighted by Crippen LogP contribution is 2.43. The van der Waals surface area contributed by atoms with Crippen LogP contribution in [0.5, 0.6) is 5.75 Å². The Kier molecular flexibility index (Phi) is 6.02. The number of ketones is 1. The summed E-state index contributed by atoms with van der Waals surface area (Å²) in [5.74, 6) is -0.556. The zero-order valence-corrected chi connectivity index (χ0v) is 19.4. The zero-order valence-electron chi connectivity index (χ0n) is 18.6. The number of nitrogens with zero attached hydrogens (tertiary/aromatic N) is 2. The van der Waals surface area contributed by atoms with E-state index in [2.05, 4.69) is 4.90 Å². The predicted molar refractivity (Wildman–Crippen MR) is 122 cm³/mol. The van der Waals surface area contributed by atoms with E-state index in [-0.39, 0.29) is 23.6 Å². The minimum absolute atomic E-state index is 0.0354. The van der Waals surface area contributed by atoms with E-state index < -0.39 is 27.1 Å². The summed E-state index contributed by atoms with van der Waals surface area (Å²) in [6, 6.07) is 13.4. The van der Waals surface area contributed by atoms with Gasteiger partial charge >= 0.3 is 0 Å². The number of halogens is 1. The molecule has 0 unspecified atom stereocenters. The summed E-state index contributed by atoms with van der Waals surface area (Å²) >= 11 is 0. The van der Waals surface area contributed by atoms with Gasteiger partial charge in [-0.15, -0.1) is 0 Å². The molecule has 6 nitrogen and oxygen atoms in total. The van der Waals surface area contributed by atoms with Crippen LogP contribution < -0.4 is 9.04 Å². The number of piperidine rings is 1. The first-order valence-corrected chi connectivity index (χ1v) is 12.5.